The van der Waals surface area contributed by atoms with Crippen LogP contribution in [0, 0.1) is 10.1 Å². The van der Waals surface area contributed by atoms with Crippen molar-refractivity contribution in [3.8, 4) is 5.75 Å². The zero-order valence-electron chi connectivity index (χ0n) is 17.5. The van der Waals surface area contributed by atoms with Crippen molar-refractivity contribution in [3.05, 3.63) is 100 Å². The van der Waals surface area contributed by atoms with Crippen LogP contribution in [0.5, 0.6) is 5.75 Å². The minimum absolute atomic E-state index is 0.0652. The monoisotopic (exact) mass is 448 g/mol. The highest BCUT2D eigenvalue weighted by molar-refractivity contribution is 6.04. The molecule has 0 fully saturated rings. The van der Waals surface area contributed by atoms with E-state index in [0.29, 0.717) is 11.3 Å². The van der Waals surface area contributed by atoms with Gasteiger partial charge >= 0.3 is 5.69 Å². The van der Waals surface area contributed by atoms with Crippen LogP contribution in [-0.4, -0.2) is 28.7 Å². The Kier molecular flexibility index (Phi) is 7.32. The number of nitro groups is 1. The average molecular weight is 448 g/mol. The first-order valence-electron chi connectivity index (χ1n) is 9.82. The number of hydrogen-bond donors (Lipinski definition) is 3. The third-order valence-corrected chi connectivity index (χ3v) is 4.48. The van der Waals surface area contributed by atoms with E-state index in [1.165, 1.54) is 37.3 Å². The van der Waals surface area contributed by atoms with E-state index in [-0.39, 0.29) is 22.9 Å². The number of ether oxygens (including phenoxy) is 1. The van der Waals surface area contributed by atoms with E-state index in [1.807, 2.05) is 0 Å². The van der Waals surface area contributed by atoms with E-state index in [0.717, 1.165) is 0 Å². The van der Waals surface area contributed by atoms with E-state index in [9.17, 15) is 24.5 Å². The van der Waals surface area contributed by atoms with Crippen LogP contribution in [0.25, 0.3) is 0 Å². The molecule has 3 aromatic carbocycles. The predicted molar refractivity (Wildman–Crippen MR) is 120 cm³/mol. The highest BCUT2D eigenvalue weighted by atomic mass is 16.6. The Morgan fingerprint density at radius 3 is 2.09 bits per heavy atom. The van der Waals surface area contributed by atoms with Crippen molar-refractivity contribution < 1.29 is 24.0 Å². The third kappa shape index (κ3) is 6.14. The highest BCUT2D eigenvalue weighted by Crippen LogP contribution is 2.26. The first kappa shape index (κ1) is 22.9. The molecule has 3 rings (SSSR count). The van der Waals surface area contributed by atoms with E-state index >= 15 is 0 Å². The number of hydrazine groups is 1. The Labute approximate surface area is 188 Å². The van der Waals surface area contributed by atoms with Crippen LogP contribution >= 0.6 is 0 Å². The number of carbonyl (C=O) groups is 3. The number of nitro benzene ring substituents is 1. The minimum atomic E-state index is -1.11. The largest absolute Gasteiger partial charge is 0.474 e. The molecule has 10 heteroatoms. The van der Waals surface area contributed by atoms with Crippen LogP contribution in [0.2, 0.25) is 0 Å². The van der Waals surface area contributed by atoms with Crippen LogP contribution in [-0.2, 0) is 4.79 Å². The molecule has 0 bridgehead atoms. The first-order chi connectivity index (χ1) is 15.8. The van der Waals surface area contributed by atoms with Gasteiger partial charge in [0, 0.05) is 22.9 Å². The second-order valence-electron chi connectivity index (χ2n) is 6.83. The van der Waals surface area contributed by atoms with Gasteiger partial charge in [-0.1, -0.05) is 30.3 Å². The maximum atomic E-state index is 12.3. The molecule has 0 aliphatic heterocycles. The zero-order chi connectivity index (χ0) is 23.8. The van der Waals surface area contributed by atoms with Crippen molar-refractivity contribution in [3.63, 3.8) is 0 Å². The molecule has 0 radical (unpaired) electrons. The second kappa shape index (κ2) is 10.5. The molecule has 0 saturated carbocycles. The lowest BCUT2D eigenvalue weighted by atomic mass is 10.1. The number of rotatable bonds is 7. The van der Waals surface area contributed by atoms with Crippen molar-refractivity contribution in [2.75, 3.05) is 5.32 Å². The summed E-state index contributed by atoms with van der Waals surface area (Å²) < 4.78 is 5.35. The summed E-state index contributed by atoms with van der Waals surface area (Å²) in [6.45, 7) is 1.39. The summed E-state index contributed by atoms with van der Waals surface area (Å²) in [5.41, 5.74) is 5.42. The molecule has 3 N–H and O–H groups in total. The third-order valence-electron chi connectivity index (χ3n) is 4.48. The van der Waals surface area contributed by atoms with Gasteiger partial charge in [0.15, 0.2) is 11.9 Å². The second-order valence-corrected chi connectivity index (χ2v) is 6.83. The van der Waals surface area contributed by atoms with Gasteiger partial charge < -0.3 is 10.1 Å². The summed E-state index contributed by atoms with van der Waals surface area (Å²) in [5, 5.41) is 13.8. The molecule has 1 atom stereocenters. The summed E-state index contributed by atoms with van der Waals surface area (Å²) in [7, 11) is 0. The molecule has 3 amide bonds. The van der Waals surface area contributed by atoms with Crippen molar-refractivity contribution in [2.45, 2.75) is 13.0 Å². The molecular weight excluding hydrogens is 428 g/mol. The molecule has 3 aromatic rings. The lowest BCUT2D eigenvalue weighted by Crippen LogP contribution is -2.47. The molecule has 0 aliphatic rings. The number of benzene rings is 3. The fourth-order valence-electron chi connectivity index (χ4n) is 2.74. The van der Waals surface area contributed by atoms with Crippen molar-refractivity contribution in [1.82, 2.24) is 10.9 Å². The van der Waals surface area contributed by atoms with Crippen LogP contribution in [0.4, 0.5) is 11.4 Å². The van der Waals surface area contributed by atoms with Crippen LogP contribution in [0.3, 0.4) is 0 Å². The standard InChI is InChI=1S/C23H20N4O6/c1-15(33-20-10-6-5-9-19(20)27(31)32)21(28)25-26-23(30)17-11-13-18(14-12-17)24-22(29)16-7-3-2-4-8-16/h2-15H,1H3,(H,24,29)(H,25,28)(H,26,30). The zero-order valence-corrected chi connectivity index (χ0v) is 17.5. The smallest absolute Gasteiger partial charge is 0.310 e. The minimum Gasteiger partial charge on any atom is -0.474 e. The number of nitrogens with one attached hydrogen (secondary N) is 3. The van der Waals surface area contributed by atoms with E-state index < -0.39 is 22.8 Å². The maximum Gasteiger partial charge on any atom is 0.310 e. The molecule has 33 heavy (non-hydrogen) atoms. The molecule has 0 aliphatic carbocycles. The normalized spacial score (nSPS) is 11.1. The van der Waals surface area contributed by atoms with Crippen LogP contribution in [0.1, 0.15) is 27.6 Å². The molecular formula is C23H20N4O6. The molecule has 10 nitrogen and oxygen atoms in total. The van der Waals surface area contributed by atoms with Crippen LogP contribution in [0.15, 0.2) is 78.9 Å². The molecule has 0 spiro atoms. The van der Waals surface area contributed by atoms with Crippen molar-refractivity contribution in [2.24, 2.45) is 0 Å². The van der Waals surface area contributed by atoms with Crippen molar-refractivity contribution in [1.29, 1.82) is 0 Å². The number of hydrogen-bond acceptors (Lipinski definition) is 6. The Morgan fingerprint density at radius 1 is 0.818 bits per heavy atom. The van der Waals surface area contributed by atoms with Gasteiger partial charge in [0.25, 0.3) is 17.7 Å². The fraction of sp³-hybridized carbons (Fsp3) is 0.0870. The quantitative estimate of drug-likeness (QED) is 0.375. The topological polar surface area (TPSA) is 140 Å². The Morgan fingerprint density at radius 2 is 1.42 bits per heavy atom. The van der Waals surface area contributed by atoms with Gasteiger partial charge in [-0.15, -0.1) is 0 Å². The Bertz CT molecular complexity index is 1170. The van der Waals surface area contributed by atoms with Gasteiger partial charge in [-0.05, 0) is 49.4 Å². The number of anilines is 1. The number of amides is 3. The van der Waals surface area contributed by atoms with Gasteiger partial charge in [0.2, 0.25) is 0 Å². The molecule has 1 unspecified atom stereocenters. The van der Waals surface area contributed by atoms with Crippen LogP contribution < -0.4 is 20.9 Å². The van der Waals surface area contributed by atoms with Gasteiger partial charge in [0.05, 0.1) is 4.92 Å². The van der Waals surface area contributed by atoms with E-state index in [2.05, 4.69) is 16.2 Å². The Hall–Kier alpha value is -4.73. The first-order valence-corrected chi connectivity index (χ1v) is 9.82. The SMILES string of the molecule is CC(Oc1ccccc1[N+](=O)[O-])C(=O)NNC(=O)c1ccc(NC(=O)c2ccccc2)cc1. The molecule has 168 valence electrons. The van der Waals surface area contributed by atoms with E-state index in [1.54, 1.807) is 48.5 Å². The lowest BCUT2D eigenvalue weighted by molar-refractivity contribution is -0.386. The maximum absolute atomic E-state index is 12.3. The Balaban J connectivity index is 1.52. The summed E-state index contributed by atoms with van der Waals surface area (Å²) in [6.07, 6.45) is -1.11. The van der Waals surface area contributed by atoms with E-state index in [4.69, 9.17) is 4.74 Å². The predicted octanol–water partition coefficient (Wildman–Crippen LogP) is 3.08. The summed E-state index contributed by atoms with van der Waals surface area (Å²) in [5.74, 6) is -1.65. The molecule has 0 aromatic heterocycles. The number of para-hydroxylation sites is 2. The average Bonchev–Trinajstić information content (AvgIpc) is 2.83. The van der Waals surface area contributed by atoms with Gasteiger partial charge in [-0.3, -0.25) is 35.3 Å². The number of carbonyl (C=O) groups excluding carboxylic acids is 3. The highest BCUT2D eigenvalue weighted by Gasteiger charge is 2.21. The van der Waals surface area contributed by atoms with Gasteiger partial charge in [-0.25, -0.2) is 0 Å². The molecule has 0 saturated heterocycles. The fourth-order valence-corrected chi connectivity index (χ4v) is 2.74. The van der Waals surface area contributed by atoms with Gasteiger partial charge in [-0.2, -0.15) is 0 Å². The lowest BCUT2D eigenvalue weighted by Gasteiger charge is -2.15. The molecule has 0 heterocycles. The van der Waals surface area contributed by atoms with Crippen molar-refractivity contribution >= 4 is 29.1 Å². The summed E-state index contributed by atoms with van der Waals surface area (Å²) >= 11 is 0. The van der Waals surface area contributed by atoms with Gasteiger partial charge in [0.1, 0.15) is 0 Å². The number of nitrogens with zero attached hydrogens (tertiary/aromatic N) is 1. The summed E-state index contributed by atoms with van der Waals surface area (Å²) in [6, 6.07) is 20.4. The summed E-state index contributed by atoms with van der Waals surface area (Å²) in [4.78, 5) is 47.1.